The van der Waals surface area contributed by atoms with Gasteiger partial charge in [0.2, 0.25) is 11.8 Å². The van der Waals surface area contributed by atoms with Crippen LogP contribution in [0.4, 0.5) is 0 Å². The molecule has 2 aromatic heterocycles. The number of aromatic nitrogens is 3. The molecule has 0 radical (unpaired) electrons. The minimum absolute atomic E-state index is 0.0905. The van der Waals surface area contributed by atoms with Gasteiger partial charge in [0.15, 0.2) is 5.65 Å². The standard InChI is InChI=1S/C20H16N4O2/c25-17-9-10-18(26)24(17)12-11-23-16-8-4-1-5-13(16)19-20(23)22-15-7-3-2-6-14(15)21-19/h1-8H,9-12H2. The Morgan fingerprint density at radius 3 is 2.23 bits per heavy atom. The first-order chi connectivity index (χ1) is 12.7. The first-order valence-corrected chi connectivity index (χ1v) is 8.69. The number of amides is 2. The maximum Gasteiger partial charge on any atom is 0.229 e. The predicted octanol–water partition coefficient (Wildman–Crippen LogP) is 2.89. The summed E-state index contributed by atoms with van der Waals surface area (Å²) in [6.45, 7) is 0.870. The third-order valence-electron chi connectivity index (χ3n) is 4.96. The molecule has 0 unspecified atom stereocenters. The fourth-order valence-corrected chi connectivity index (χ4v) is 3.68. The second-order valence-electron chi connectivity index (χ2n) is 6.49. The molecule has 0 spiro atoms. The van der Waals surface area contributed by atoms with Gasteiger partial charge in [-0.25, -0.2) is 9.97 Å². The summed E-state index contributed by atoms with van der Waals surface area (Å²) in [5, 5.41) is 1.03. The minimum atomic E-state index is -0.0905. The summed E-state index contributed by atoms with van der Waals surface area (Å²) >= 11 is 0. The summed E-state index contributed by atoms with van der Waals surface area (Å²) in [5.41, 5.74) is 4.32. The number of nitrogens with zero attached hydrogens (tertiary/aromatic N) is 4. The van der Waals surface area contributed by atoms with Crippen molar-refractivity contribution in [2.45, 2.75) is 19.4 Å². The lowest BCUT2D eigenvalue weighted by molar-refractivity contribution is -0.138. The van der Waals surface area contributed by atoms with Gasteiger partial charge in [0.1, 0.15) is 5.52 Å². The lowest BCUT2D eigenvalue weighted by Crippen LogP contribution is -2.32. The molecule has 3 heterocycles. The van der Waals surface area contributed by atoms with Crippen molar-refractivity contribution >= 4 is 44.9 Å². The molecule has 0 saturated carbocycles. The average molecular weight is 344 g/mol. The second kappa shape index (κ2) is 5.62. The van der Waals surface area contributed by atoms with Crippen LogP contribution < -0.4 is 0 Å². The summed E-state index contributed by atoms with van der Waals surface area (Å²) in [5.74, 6) is -0.181. The number of carbonyl (C=O) groups is 2. The average Bonchev–Trinajstić information content (AvgIpc) is 3.15. The van der Waals surface area contributed by atoms with Gasteiger partial charge >= 0.3 is 0 Å². The lowest BCUT2D eigenvalue weighted by Gasteiger charge is -2.15. The highest BCUT2D eigenvalue weighted by Gasteiger charge is 2.28. The molecule has 26 heavy (non-hydrogen) atoms. The van der Waals surface area contributed by atoms with Crippen LogP contribution in [0.15, 0.2) is 48.5 Å². The molecule has 0 aliphatic carbocycles. The highest BCUT2D eigenvalue weighted by molar-refractivity contribution is 6.06. The van der Waals surface area contributed by atoms with Gasteiger partial charge in [-0.1, -0.05) is 30.3 Å². The summed E-state index contributed by atoms with van der Waals surface area (Å²) in [4.78, 5) is 34.8. The van der Waals surface area contributed by atoms with Gasteiger partial charge in [-0.15, -0.1) is 0 Å². The quantitative estimate of drug-likeness (QED) is 0.536. The molecule has 2 amide bonds. The molecule has 6 heteroatoms. The van der Waals surface area contributed by atoms with Crippen LogP contribution in [-0.4, -0.2) is 37.8 Å². The van der Waals surface area contributed by atoms with Crippen LogP contribution in [0.1, 0.15) is 12.8 Å². The first-order valence-electron chi connectivity index (χ1n) is 8.69. The van der Waals surface area contributed by atoms with Crippen molar-refractivity contribution in [1.82, 2.24) is 19.4 Å². The normalized spacial score (nSPS) is 15.0. The number of carbonyl (C=O) groups excluding carboxylic acids is 2. The minimum Gasteiger partial charge on any atom is -0.322 e. The molecular formula is C20H16N4O2. The Hall–Kier alpha value is -3.28. The van der Waals surface area contributed by atoms with Gasteiger partial charge in [-0.2, -0.15) is 0 Å². The van der Waals surface area contributed by atoms with Gasteiger partial charge in [0.25, 0.3) is 0 Å². The molecule has 0 bridgehead atoms. The fraction of sp³-hybridized carbons (Fsp3) is 0.200. The Morgan fingerprint density at radius 2 is 1.46 bits per heavy atom. The first kappa shape index (κ1) is 15.0. The van der Waals surface area contributed by atoms with Crippen LogP contribution in [-0.2, 0) is 16.1 Å². The Morgan fingerprint density at radius 1 is 0.808 bits per heavy atom. The third kappa shape index (κ3) is 2.19. The van der Waals surface area contributed by atoms with Crippen molar-refractivity contribution in [2.24, 2.45) is 0 Å². The van der Waals surface area contributed by atoms with E-state index in [1.165, 1.54) is 4.90 Å². The number of likely N-dealkylation sites (tertiary alicyclic amines) is 1. The summed E-state index contributed by atoms with van der Waals surface area (Å²) in [6.07, 6.45) is 0.632. The molecule has 5 rings (SSSR count). The van der Waals surface area contributed by atoms with Gasteiger partial charge < -0.3 is 4.57 Å². The number of benzene rings is 2. The van der Waals surface area contributed by atoms with Crippen molar-refractivity contribution in [1.29, 1.82) is 0 Å². The van der Waals surface area contributed by atoms with E-state index in [-0.39, 0.29) is 11.8 Å². The van der Waals surface area contributed by atoms with E-state index in [9.17, 15) is 9.59 Å². The van der Waals surface area contributed by atoms with Crippen molar-refractivity contribution in [3.8, 4) is 0 Å². The maximum absolute atomic E-state index is 11.9. The van der Waals surface area contributed by atoms with Crippen molar-refractivity contribution in [3.05, 3.63) is 48.5 Å². The highest BCUT2D eigenvalue weighted by atomic mass is 16.2. The van der Waals surface area contributed by atoms with Gasteiger partial charge in [0, 0.05) is 31.3 Å². The fourth-order valence-electron chi connectivity index (χ4n) is 3.68. The molecule has 1 fully saturated rings. The molecule has 0 N–H and O–H groups in total. The van der Waals surface area contributed by atoms with Crippen LogP contribution in [0, 0.1) is 0 Å². The summed E-state index contributed by atoms with van der Waals surface area (Å²) in [6, 6.07) is 15.8. The largest absolute Gasteiger partial charge is 0.322 e. The van der Waals surface area contributed by atoms with E-state index in [1.54, 1.807) is 0 Å². The van der Waals surface area contributed by atoms with Crippen molar-refractivity contribution in [2.75, 3.05) is 6.54 Å². The molecule has 0 atom stereocenters. The molecule has 4 aromatic rings. The molecule has 6 nitrogen and oxygen atoms in total. The Bertz CT molecular complexity index is 1180. The molecular weight excluding hydrogens is 328 g/mol. The highest BCUT2D eigenvalue weighted by Crippen LogP contribution is 2.28. The van der Waals surface area contributed by atoms with Crippen molar-refractivity contribution in [3.63, 3.8) is 0 Å². The monoisotopic (exact) mass is 344 g/mol. The second-order valence-corrected chi connectivity index (χ2v) is 6.49. The van der Waals surface area contributed by atoms with Crippen LogP contribution in [0.25, 0.3) is 33.1 Å². The molecule has 1 saturated heterocycles. The van der Waals surface area contributed by atoms with Crippen LogP contribution in [0.2, 0.25) is 0 Å². The van der Waals surface area contributed by atoms with E-state index >= 15 is 0 Å². The zero-order valence-electron chi connectivity index (χ0n) is 14.1. The topological polar surface area (TPSA) is 68.1 Å². The summed E-state index contributed by atoms with van der Waals surface area (Å²) in [7, 11) is 0. The predicted molar refractivity (Wildman–Crippen MR) is 98.5 cm³/mol. The van der Waals surface area contributed by atoms with Gasteiger partial charge in [-0.3, -0.25) is 14.5 Å². The smallest absolute Gasteiger partial charge is 0.229 e. The lowest BCUT2D eigenvalue weighted by atomic mass is 10.2. The zero-order chi connectivity index (χ0) is 17.7. The number of hydrogen-bond donors (Lipinski definition) is 0. The SMILES string of the molecule is O=C1CCC(=O)N1CCn1c2ccccc2c2nc3ccccc3nc21. The Kier molecular flexibility index (Phi) is 3.25. The molecule has 2 aromatic carbocycles. The summed E-state index contributed by atoms with van der Waals surface area (Å²) < 4.78 is 2.06. The molecule has 1 aliphatic heterocycles. The maximum atomic E-state index is 11.9. The van der Waals surface area contributed by atoms with Gasteiger partial charge in [0.05, 0.1) is 16.6 Å². The number of hydrogen-bond acceptors (Lipinski definition) is 4. The van der Waals surface area contributed by atoms with E-state index in [2.05, 4.69) is 4.57 Å². The van der Waals surface area contributed by atoms with Crippen LogP contribution in [0.3, 0.4) is 0 Å². The number of rotatable bonds is 3. The zero-order valence-corrected chi connectivity index (χ0v) is 14.1. The van der Waals surface area contributed by atoms with Crippen LogP contribution >= 0.6 is 0 Å². The van der Waals surface area contributed by atoms with Gasteiger partial charge in [-0.05, 0) is 18.2 Å². The van der Waals surface area contributed by atoms with Crippen LogP contribution in [0.5, 0.6) is 0 Å². The third-order valence-corrected chi connectivity index (χ3v) is 4.96. The molecule has 128 valence electrons. The van der Waals surface area contributed by atoms with E-state index in [4.69, 9.17) is 9.97 Å². The van der Waals surface area contributed by atoms with E-state index < -0.39 is 0 Å². The number of fused-ring (bicyclic) bond motifs is 4. The van der Waals surface area contributed by atoms with Crippen molar-refractivity contribution < 1.29 is 9.59 Å². The van der Waals surface area contributed by atoms with E-state index in [0.717, 1.165) is 33.1 Å². The Balaban J connectivity index is 1.68. The number of para-hydroxylation sites is 3. The number of imide groups is 1. The van der Waals surface area contributed by atoms with E-state index in [1.807, 2.05) is 48.5 Å². The van der Waals surface area contributed by atoms with E-state index in [0.29, 0.717) is 25.9 Å². The Labute approximate surface area is 149 Å². The molecule has 1 aliphatic rings.